The maximum absolute atomic E-state index is 10.6. The molecule has 1 nitrogen and oxygen atoms in total. The van der Waals surface area contributed by atoms with Crippen LogP contribution in [0.2, 0.25) is 0 Å². The molecule has 2 aliphatic carbocycles. The van der Waals surface area contributed by atoms with Gasteiger partial charge in [-0.15, -0.1) is 0 Å². The van der Waals surface area contributed by atoms with Gasteiger partial charge in [0.05, 0.1) is 5.60 Å². The highest BCUT2D eigenvalue weighted by atomic mass is 79.9. The zero-order valence-electron chi connectivity index (χ0n) is 9.32. The van der Waals surface area contributed by atoms with E-state index in [9.17, 15) is 5.11 Å². The molecule has 0 amide bonds. The summed E-state index contributed by atoms with van der Waals surface area (Å²) in [5.41, 5.74) is 0.878. The van der Waals surface area contributed by atoms with Gasteiger partial charge in [-0.25, -0.2) is 0 Å². The number of aliphatic hydroxyl groups is 1. The highest BCUT2D eigenvalue weighted by Crippen LogP contribution is 2.59. The summed E-state index contributed by atoms with van der Waals surface area (Å²) in [5, 5.41) is 10.6. The van der Waals surface area contributed by atoms with Gasteiger partial charge in [0.25, 0.3) is 0 Å². The minimum Gasteiger partial charge on any atom is -0.389 e. The van der Waals surface area contributed by atoms with Gasteiger partial charge in [-0.1, -0.05) is 40.9 Å². The molecule has 2 saturated carbocycles. The van der Waals surface area contributed by atoms with Crippen LogP contribution < -0.4 is 0 Å². The van der Waals surface area contributed by atoms with Gasteiger partial charge >= 0.3 is 0 Å². The van der Waals surface area contributed by atoms with Crippen molar-refractivity contribution in [2.75, 3.05) is 0 Å². The molecule has 16 heavy (non-hydrogen) atoms. The first-order valence-corrected chi connectivity index (χ1v) is 6.96. The van der Waals surface area contributed by atoms with Crippen molar-refractivity contribution in [3.05, 3.63) is 34.3 Å². The fourth-order valence-corrected chi connectivity index (χ4v) is 3.90. The fraction of sp³-hybridized carbons (Fsp3) is 0.571. The SMILES string of the molecule is OC1(Cc2cccc(Br)c2)C2CCCCC21. The first-order chi connectivity index (χ1) is 7.70. The zero-order chi connectivity index (χ0) is 11.2. The van der Waals surface area contributed by atoms with Gasteiger partial charge in [-0.05, 0) is 42.4 Å². The standard InChI is InChI=1S/C14H17BrO/c15-11-5-3-4-10(8-11)9-14(16)12-6-1-2-7-13(12)14/h3-5,8,12-13,16H,1-2,6-7,9H2. The third-order valence-corrected chi connectivity index (χ3v) is 4.81. The highest BCUT2D eigenvalue weighted by molar-refractivity contribution is 9.10. The van der Waals surface area contributed by atoms with Crippen LogP contribution in [0, 0.1) is 11.8 Å². The topological polar surface area (TPSA) is 20.2 Å². The van der Waals surface area contributed by atoms with Crippen LogP contribution in [0.4, 0.5) is 0 Å². The van der Waals surface area contributed by atoms with Crippen LogP contribution in [-0.2, 0) is 6.42 Å². The Labute approximate surface area is 105 Å². The van der Waals surface area contributed by atoms with Crippen molar-refractivity contribution in [3.8, 4) is 0 Å². The average Bonchev–Trinajstić information content (AvgIpc) is 2.85. The molecule has 3 rings (SSSR count). The maximum Gasteiger partial charge on any atom is 0.0751 e. The van der Waals surface area contributed by atoms with Crippen molar-refractivity contribution in [3.63, 3.8) is 0 Å². The minimum absolute atomic E-state index is 0.378. The van der Waals surface area contributed by atoms with E-state index in [0.717, 1.165) is 10.9 Å². The third-order valence-electron chi connectivity index (χ3n) is 4.32. The van der Waals surface area contributed by atoms with E-state index >= 15 is 0 Å². The van der Waals surface area contributed by atoms with Crippen molar-refractivity contribution in [1.82, 2.24) is 0 Å². The van der Waals surface area contributed by atoms with Crippen LogP contribution in [0.5, 0.6) is 0 Å². The van der Waals surface area contributed by atoms with Crippen molar-refractivity contribution in [1.29, 1.82) is 0 Å². The van der Waals surface area contributed by atoms with Crippen LogP contribution in [0.25, 0.3) is 0 Å². The van der Waals surface area contributed by atoms with Crippen molar-refractivity contribution >= 4 is 15.9 Å². The average molecular weight is 281 g/mol. The normalized spacial score (nSPS) is 36.9. The molecule has 2 unspecified atom stereocenters. The minimum atomic E-state index is -0.378. The molecule has 1 aromatic carbocycles. The summed E-state index contributed by atoms with van der Waals surface area (Å²) in [5.74, 6) is 1.17. The number of fused-ring (bicyclic) bond motifs is 1. The lowest BCUT2D eigenvalue weighted by Crippen LogP contribution is -2.16. The molecule has 0 aromatic heterocycles. The lowest BCUT2D eigenvalue weighted by molar-refractivity contribution is 0.119. The summed E-state index contributed by atoms with van der Waals surface area (Å²) >= 11 is 3.49. The molecule has 0 saturated heterocycles. The Morgan fingerprint density at radius 1 is 1.25 bits per heavy atom. The van der Waals surface area contributed by atoms with E-state index < -0.39 is 0 Å². The molecule has 0 bridgehead atoms. The van der Waals surface area contributed by atoms with Gasteiger partial charge in [0.2, 0.25) is 0 Å². The molecule has 0 aliphatic heterocycles. The van der Waals surface area contributed by atoms with Crippen LogP contribution in [0.1, 0.15) is 31.2 Å². The second-order valence-electron chi connectivity index (χ2n) is 5.30. The summed E-state index contributed by atoms with van der Waals surface area (Å²) in [6.07, 6.45) is 5.91. The molecule has 1 aromatic rings. The number of rotatable bonds is 2. The van der Waals surface area contributed by atoms with Gasteiger partial charge in [0, 0.05) is 10.9 Å². The Bertz CT molecular complexity index is 389. The molecule has 0 heterocycles. The number of benzene rings is 1. The monoisotopic (exact) mass is 280 g/mol. The second-order valence-corrected chi connectivity index (χ2v) is 6.21. The Kier molecular flexibility index (Phi) is 2.60. The first-order valence-electron chi connectivity index (χ1n) is 6.17. The smallest absolute Gasteiger partial charge is 0.0751 e. The van der Waals surface area contributed by atoms with Gasteiger partial charge < -0.3 is 5.11 Å². The molecule has 0 radical (unpaired) electrons. The summed E-state index contributed by atoms with van der Waals surface area (Å²) in [6.45, 7) is 0. The van der Waals surface area contributed by atoms with Gasteiger partial charge in [-0.2, -0.15) is 0 Å². The summed E-state index contributed by atoms with van der Waals surface area (Å²) in [7, 11) is 0. The summed E-state index contributed by atoms with van der Waals surface area (Å²) in [4.78, 5) is 0. The highest BCUT2D eigenvalue weighted by Gasteiger charge is 2.63. The Hall–Kier alpha value is -0.340. The Balaban J connectivity index is 1.76. The predicted octanol–water partition coefficient (Wildman–Crippen LogP) is 3.54. The third kappa shape index (κ3) is 1.72. The maximum atomic E-state index is 10.6. The lowest BCUT2D eigenvalue weighted by atomic mass is 10.0. The van der Waals surface area contributed by atoms with E-state index in [1.54, 1.807) is 0 Å². The van der Waals surface area contributed by atoms with Crippen molar-refractivity contribution in [2.24, 2.45) is 11.8 Å². The largest absolute Gasteiger partial charge is 0.389 e. The van der Waals surface area contributed by atoms with Gasteiger partial charge in [0.15, 0.2) is 0 Å². The quantitative estimate of drug-likeness (QED) is 0.879. The lowest BCUT2D eigenvalue weighted by Gasteiger charge is -2.10. The molecule has 2 aliphatic rings. The van der Waals surface area contributed by atoms with Crippen LogP contribution in [-0.4, -0.2) is 10.7 Å². The number of hydrogen-bond acceptors (Lipinski definition) is 1. The molecule has 1 N–H and O–H groups in total. The Morgan fingerprint density at radius 3 is 2.56 bits per heavy atom. The van der Waals surface area contributed by atoms with E-state index in [0.29, 0.717) is 11.8 Å². The summed E-state index contributed by atoms with van der Waals surface area (Å²) in [6, 6.07) is 8.33. The molecule has 2 heteroatoms. The van der Waals surface area contributed by atoms with Crippen LogP contribution in [0.3, 0.4) is 0 Å². The van der Waals surface area contributed by atoms with E-state index in [1.165, 1.54) is 31.2 Å². The van der Waals surface area contributed by atoms with E-state index in [1.807, 2.05) is 6.07 Å². The molecule has 86 valence electrons. The van der Waals surface area contributed by atoms with Crippen LogP contribution >= 0.6 is 15.9 Å². The Morgan fingerprint density at radius 2 is 1.94 bits per heavy atom. The van der Waals surface area contributed by atoms with Gasteiger partial charge in [-0.3, -0.25) is 0 Å². The van der Waals surface area contributed by atoms with Crippen LogP contribution in [0.15, 0.2) is 28.7 Å². The molecule has 2 atom stereocenters. The number of hydrogen-bond donors (Lipinski definition) is 1. The van der Waals surface area contributed by atoms with E-state index in [2.05, 4.69) is 34.1 Å². The predicted molar refractivity (Wildman–Crippen MR) is 68.2 cm³/mol. The summed E-state index contributed by atoms with van der Waals surface area (Å²) < 4.78 is 1.11. The first kappa shape index (κ1) is 10.8. The van der Waals surface area contributed by atoms with Gasteiger partial charge in [0.1, 0.15) is 0 Å². The van der Waals surface area contributed by atoms with Crippen molar-refractivity contribution < 1.29 is 5.11 Å². The second kappa shape index (κ2) is 3.85. The molecule has 0 spiro atoms. The molecular formula is C14H17BrO. The fourth-order valence-electron chi connectivity index (χ4n) is 3.45. The van der Waals surface area contributed by atoms with E-state index in [-0.39, 0.29) is 5.60 Å². The van der Waals surface area contributed by atoms with E-state index in [4.69, 9.17) is 0 Å². The number of halogens is 1. The molecule has 2 fully saturated rings. The zero-order valence-corrected chi connectivity index (χ0v) is 10.9. The molecular weight excluding hydrogens is 264 g/mol. The van der Waals surface area contributed by atoms with Crippen molar-refractivity contribution in [2.45, 2.75) is 37.7 Å².